The number of aromatic hydroxyl groups is 1. The number of carbonyl (C=O) groups is 1. The average Bonchev–Trinajstić information content (AvgIpc) is 2.20. The SMILES string of the molecule is COC(=O)CCc1cccc(N)c1O. The van der Waals surface area contributed by atoms with E-state index in [1.165, 1.54) is 7.11 Å². The average molecular weight is 195 g/mol. The van der Waals surface area contributed by atoms with Crippen molar-refractivity contribution in [1.82, 2.24) is 0 Å². The molecule has 1 rings (SSSR count). The lowest BCUT2D eigenvalue weighted by atomic mass is 10.1. The number of nitrogen functional groups attached to an aromatic ring is 1. The van der Waals surface area contributed by atoms with Crippen LogP contribution in [0, 0.1) is 0 Å². The molecular formula is C10H13NO3. The molecule has 4 heteroatoms. The number of benzene rings is 1. The van der Waals surface area contributed by atoms with Gasteiger partial charge in [0.2, 0.25) is 0 Å². The highest BCUT2D eigenvalue weighted by atomic mass is 16.5. The van der Waals surface area contributed by atoms with E-state index in [1.54, 1.807) is 18.2 Å². The number of phenolic OH excluding ortho intramolecular Hbond substituents is 1. The smallest absolute Gasteiger partial charge is 0.305 e. The van der Waals surface area contributed by atoms with E-state index in [-0.39, 0.29) is 18.1 Å². The number of nitrogens with two attached hydrogens (primary N) is 1. The summed E-state index contributed by atoms with van der Waals surface area (Å²) in [5.41, 5.74) is 6.48. The number of rotatable bonds is 3. The van der Waals surface area contributed by atoms with Crippen LogP contribution in [0.25, 0.3) is 0 Å². The predicted molar refractivity (Wildman–Crippen MR) is 52.9 cm³/mol. The number of para-hydroxylation sites is 1. The Morgan fingerprint density at radius 2 is 2.29 bits per heavy atom. The van der Waals surface area contributed by atoms with Gasteiger partial charge in [0.05, 0.1) is 12.8 Å². The van der Waals surface area contributed by atoms with Gasteiger partial charge in [0.25, 0.3) is 0 Å². The molecule has 0 saturated carbocycles. The molecule has 0 unspecified atom stereocenters. The van der Waals surface area contributed by atoms with Gasteiger partial charge in [-0.25, -0.2) is 0 Å². The Bertz CT molecular complexity index is 336. The number of anilines is 1. The number of ether oxygens (including phenoxy) is 1. The normalized spacial score (nSPS) is 9.79. The predicted octanol–water partition coefficient (Wildman–Crippen LogP) is 1.08. The zero-order valence-electron chi connectivity index (χ0n) is 7.99. The van der Waals surface area contributed by atoms with E-state index in [4.69, 9.17) is 5.73 Å². The summed E-state index contributed by atoms with van der Waals surface area (Å²) in [6, 6.07) is 5.08. The topological polar surface area (TPSA) is 72.5 Å². The van der Waals surface area contributed by atoms with Crippen molar-refractivity contribution in [2.75, 3.05) is 12.8 Å². The fourth-order valence-corrected chi connectivity index (χ4v) is 1.15. The van der Waals surface area contributed by atoms with Gasteiger partial charge in [-0.2, -0.15) is 0 Å². The largest absolute Gasteiger partial charge is 0.506 e. The van der Waals surface area contributed by atoms with Crippen molar-refractivity contribution in [3.63, 3.8) is 0 Å². The van der Waals surface area contributed by atoms with E-state index in [9.17, 15) is 9.90 Å². The second-order valence-electron chi connectivity index (χ2n) is 2.93. The molecule has 0 heterocycles. The summed E-state index contributed by atoms with van der Waals surface area (Å²) < 4.78 is 4.49. The van der Waals surface area contributed by atoms with Crippen LogP contribution in [0.3, 0.4) is 0 Å². The first-order valence-electron chi connectivity index (χ1n) is 4.28. The van der Waals surface area contributed by atoms with Gasteiger partial charge in [-0.3, -0.25) is 4.79 Å². The first-order chi connectivity index (χ1) is 6.65. The van der Waals surface area contributed by atoms with E-state index in [2.05, 4.69) is 4.74 Å². The lowest BCUT2D eigenvalue weighted by molar-refractivity contribution is -0.140. The van der Waals surface area contributed by atoms with Crippen LogP contribution in [0.15, 0.2) is 18.2 Å². The minimum atomic E-state index is -0.299. The Hall–Kier alpha value is -1.71. The standard InChI is InChI=1S/C10H13NO3/c1-14-9(12)6-5-7-3-2-4-8(11)10(7)13/h2-4,13H,5-6,11H2,1H3. The Labute approximate surface area is 82.3 Å². The molecule has 0 bridgehead atoms. The molecule has 4 nitrogen and oxygen atoms in total. The third kappa shape index (κ3) is 2.39. The Morgan fingerprint density at radius 3 is 2.93 bits per heavy atom. The van der Waals surface area contributed by atoms with Crippen LogP contribution in [0.5, 0.6) is 5.75 Å². The lowest BCUT2D eigenvalue weighted by Gasteiger charge is -2.05. The number of phenols is 1. The molecule has 0 aliphatic heterocycles. The van der Waals surface area contributed by atoms with E-state index >= 15 is 0 Å². The highest BCUT2D eigenvalue weighted by molar-refractivity contribution is 5.70. The molecule has 0 fully saturated rings. The van der Waals surface area contributed by atoms with Gasteiger partial charge in [-0.1, -0.05) is 12.1 Å². The minimum Gasteiger partial charge on any atom is -0.506 e. The molecule has 0 aromatic heterocycles. The second kappa shape index (κ2) is 4.50. The molecule has 1 aromatic carbocycles. The molecule has 76 valence electrons. The van der Waals surface area contributed by atoms with Gasteiger partial charge in [-0.15, -0.1) is 0 Å². The summed E-state index contributed by atoms with van der Waals surface area (Å²) in [5, 5.41) is 9.51. The Morgan fingerprint density at radius 1 is 1.57 bits per heavy atom. The van der Waals surface area contributed by atoms with Gasteiger partial charge in [0.1, 0.15) is 5.75 Å². The van der Waals surface area contributed by atoms with E-state index in [1.807, 2.05) is 0 Å². The number of aryl methyl sites for hydroxylation is 1. The molecule has 0 aliphatic carbocycles. The number of methoxy groups -OCH3 is 1. The molecule has 1 aromatic rings. The number of carbonyl (C=O) groups excluding carboxylic acids is 1. The van der Waals surface area contributed by atoms with Crippen LogP contribution >= 0.6 is 0 Å². The van der Waals surface area contributed by atoms with Crippen LogP contribution in [0.2, 0.25) is 0 Å². The molecule has 14 heavy (non-hydrogen) atoms. The first-order valence-corrected chi connectivity index (χ1v) is 4.28. The number of hydrogen-bond donors (Lipinski definition) is 2. The van der Waals surface area contributed by atoms with Gasteiger partial charge in [-0.05, 0) is 18.1 Å². The molecular weight excluding hydrogens is 182 g/mol. The van der Waals surface area contributed by atoms with Crippen LogP contribution in [-0.2, 0) is 16.0 Å². The van der Waals surface area contributed by atoms with Crippen LogP contribution in [-0.4, -0.2) is 18.2 Å². The van der Waals surface area contributed by atoms with Crippen molar-refractivity contribution in [3.8, 4) is 5.75 Å². The summed E-state index contributed by atoms with van der Waals surface area (Å²) in [7, 11) is 1.33. The van der Waals surface area contributed by atoms with Gasteiger partial charge in [0.15, 0.2) is 0 Å². The summed E-state index contributed by atoms with van der Waals surface area (Å²) in [4.78, 5) is 10.8. The first kappa shape index (κ1) is 10.4. The van der Waals surface area contributed by atoms with Crippen LogP contribution in [0.4, 0.5) is 5.69 Å². The minimum absolute atomic E-state index is 0.0522. The maximum atomic E-state index is 10.8. The maximum Gasteiger partial charge on any atom is 0.305 e. The van der Waals surface area contributed by atoms with Crippen molar-refractivity contribution < 1.29 is 14.6 Å². The van der Waals surface area contributed by atoms with Crippen molar-refractivity contribution in [1.29, 1.82) is 0 Å². The highest BCUT2D eigenvalue weighted by Gasteiger charge is 2.06. The maximum absolute atomic E-state index is 10.8. The van der Waals surface area contributed by atoms with Crippen molar-refractivity contribution >= 4 is 11.7 Å². The zero-order chi connectivity index (χ0) is 10.6. The zero-order valence-corrected chi connectivity index (χ0v) is 7.99. The highest BCUT2D eigenvalue weighted by Crippen LogP contribution is 2.25. The third-order valence-corrected chi connectivity index (χ3v) is 1.98. The van der Waals surface area contributed by atoms with E-state index in [0.29, 0.717) is 17.7 Å². The molecule has 0 radical (unpaired) electrons. The van der Waals surface area contributed by atoms with Gasteiger partial charge >= 0.3 is 5.97 Å². The van der Waals surface area contributed by atoms with Gasteiger partial charge < -0.3 is 15.6 Å². The van der Waals surface area contributed by atoms with E-state index in [0.717, 1.165) is 0 Å². The molecule has 0 saturated heterocycles. The Kier molecular flexibility index (Phi) is 3.34. The number of hydrogen-bond acceptors (Lipinski definition) is 4. The van der Waals surface area contributed by atoms with Crippen LogP contribution < -0.4 is 5.73 Å². The van der Waals surface area contributed by atoms with Crippen molar-refractivity contribution in [3.05, 3.63) is 23.8 Å². The molecule has 0 spiro atoms. The Balaban J connectivity index is 2.68. The number of esters is 1. The third-order valence-electron chi connectivity index (χ3n) is 1.98. The molecule has 0 amide bonds. The summed E-state index contributed by atoms with van der Waals surface area (Å²) in [6.45, 7) is 0. The summed E-state index contributed by atoms with van der Waals surface area (Å²) in [6.07, 6.45) is 0.678. The van der Waals surface area contributed by atoms with Gasteiger partial charge in [0, 0.05) is 6.42 Å². The van der Waals surface area contributed by atoms with E-state index < -0.39 is 0 Å². The molecule has 0 atom stereocenters. The quantitative estimate of drug-likeness (QED) is 0.430. The fourth-order valence-electron chi connectivity index (χ4n) is 1.15. The summed E-state index contributed by atoms with van der Waals surface area (Å²) >= 11 is 0. The fraction of sp³-hybridized carbons (Fsp3) is 0.300. The van der Waals surface area contributed by atoms with Crippen LogP contribution in [0.1, 0.15) is 12.0 Å². The summed E-state index contributed by atoms with van der Waals surface area (Å²) in [5.74, 6) is -0.247. The molecule has 3 N–H and O–H groups in total. The monoisotopic (exact) mass is 195 g/mol. The van der Waals surface area contributed by atoms with Crippen molar-refractivity contribution in [2.24, 2.45) is 0 Å². The second-order valence-corrected chi connectivity index (χ2v) is 2.93. The van der Waals surface area contributed by atoms with Crippen molar-refractivity contribution in [2.45, 2.75) is 12.8 Å². The lowest BCUT2D eigenvalue weighted by Crippen LogP contribution is -2.02. The molecule has 0 aliphatic rings.